The predicted octanol–water partition coefficient (Wildman–Crippen LogP) is 1.09. The summed E-state index contributed by atoms with van der Waals surface area (Å²) in [4.78, 5) is 11.8. The van der Waals surface area contributed by atoms with Gasteiger partial charge in [-0.15, -0.1) is 0 Å². The molecule has 0 aromatic carbocycles. The Hall–Kier alpha value is -1.29. The van der Waals surface area contributed by atoms with Crippen molar-refractivity contribution >= 4 is 5.91 Å². The van der Waals surface area contributed by atoms with Gasteiger partial charge in [-0.3, -0.25) is 4.79 Å². The molecule has 1 atom stereocenters. The van der Waals surface area contributed by atoms with Gasteiger partial charge in [0.2, 0.25) is 0 Å². The monoisotopic (exact) mass is 223 g/mol. The zero-order valence-corrected chi connectivity index (χ0v) is 10.3. The van der Waals surface area contributed by atoms with E-state index in [2.05, 4.69) is 17.6 Å². The van der Waals surface area contributed by atoms with E-state index in [0.717, 1.165) is 18.8 Å². The summed E-state index contributed by atoms with van der Waals surface area (Å²) >= 11 is 0. The predicted molar refractivity (Wildman–Crippen MR) is 65.5 cm³/mol. The molecule has 0 radical (unpaired) electrons. The number of aromatic nitrogens is 1. The lowest BCUT2D eigenvalue weighted by atomic mass is 10.2. The van der Waals surface area contributed by atoms with Crippen LogP contribution in [0.2, 0.25) is 0 Å². The maximum absolute atomic E-state index is 11.8. The topological polar surface area (TPSA) is 46.1 Å². The molecule has 1 unspecified atom stereocenters. The summed E-state index contributed by atoms with van der Waals surface area (Å²) in [6.07, 6.45) is 1.92. The molecule has 0 spiro atoms. The molecular formula is C12H21N3O. The van der Waals surface area contributed by atoms with Crippen LogP contribution in [0.4, 0.5) is 0 Å². The molecular weight excluding hydrogens is 202 g/mol. The summed E-state index contributed by atoms with van der Waals surface area (Å²) in [6, 6.07) is 3.75. The molecule has 0 saturated carbocycles. The van der Waals surface area contributed by atoms with Crippen LogP contribution in [0.15, 0.2) is 18.3 Å². The van der Waals surface area contributed by atoms with E-state index in [4.69, 9.17) is 0 Å². The van der Waals surface area contributed by atoms with Crippen LogP contribution in [0.25, 0.3) is 0 Å². The molecule has 2 N–H and O–H groups in total. The summed E-state index contributed by atoms with van der Waals surface area (Å²) in [6.45, 7) is 6.57. The second-order valence-corrected chi connectivity index (χ2v) is 4.05. The van der Waals surface area contributed by atoms with E-state index in [1.54, 1.807) is 0 Å². The van der Waals surface area contributed by atoms with Crippen molar-refractivity contribution in [3.8, 4) is 0 Å². The highest BCUT2D eigenvalue weighted by molar-refractivity contribution is 5.92. The van der Waals surface area contributed by atoms with E-state index in [-0.39, 0.29) is 5.91 Å². The third-order valence-corrected chi connectivity index (χ3v) is 2.57. The van der Waals surface area contributed by atoms with Gasteiger partial charge in [-0.25, -0.2) is 0 Å². The number of hydrogen-bond donors (Lipinski definition) is 2. The van der Waals surface area contributed by atoms with Gasteiger partial charge < -0.3 is 15.2 Å². The lowest BCUT2D eigenvalue weighted by molar-refractivity contribution is 0.0939. The molecule has 0 bridgehead atoms. The van der Waals surface area contributed by atoms with E-state index in [1.807, 2.05) is 36.9 Å². The van der Waals surface area contributed by atoms with Crippen molar-refractivity contribution in [1.82, 2.24) is 15.2 Å². The average molecular weight is 223 g/mol. The smallest absolute Gasteiger partial charge is 0.267 e. The summed E-state index contributed by atoms with van der Waals surface area (Å²) in [5.74, 6) is 0.453. The summed E-state index contributed by atoms with van der Waals surface area (Å²) in [5, 5.41) is 6.04. The minimum absolute atomic E-state index is 0.00908. The Kier molecular flexibility index (Phi) is 5.05. The Labute approximate surface area is 97.0 Å². The molecule has 0 fully saturated rings. The number of aryl methyl sites for hydroxylation is 1. The molecule has 0 aliphatic heterocycles. The van der Waals surface area contributed by atoms with Crippen LogP contribution in [-0.2, 0) is 6.54 Å². The first kappa shape index (κ1) is 12.8. The highest BCUT2D eigenvalue weighted by Gasteiger charge is 2.10. The zero-order valence-electron chi connectivity index (χ0n) is 10.3. The second-order valence-electron chi connectivity index (χ2n) is 4.05. The van der Waals surface area contributed by atoms with Crippen molar-refractivity contribution in [2.75, 3.05) is 20.1 Å². The van der Waals surface area contributed by atoms with Crippen LogP contribution in [0.3, 0.4) is 0 Å². The first-order valence-corrected chi connectivity index (χ1v) is 5.77. The highest BCUT2D eigenvalue weighted by atomic mass is 16.1. The van der Waals surface area contributed by atoms with Crippen molar-refractivity contribution in [3.63, 3.8) is 0 Å². The minimum Gasteiger partial charge on any atom is -0.350 e. The number of amides is 1. The Morgan fingerprint density at radius 1 is 1.50 bits per heavy atom. The normalized spacial score (nSPS) is 12.4. The Morgan fingerprint density at radius 3 is 2.88 bits per heavy atom. The fourth-order valence-electron chi connectivity index (χ4n) is 1.67. The highest BCUT2D eigenvalue weighted by Crippen LogP contribution is 2.02. The van der Waals surface area contributed by atoms with Gasteiger partial charge >= 0.3 is 0 Å². The Bertz CT molecular complexity index is 333. The van der Waals surface area contributed by atoms with Crippen LogP contribution < -0.4 is 10.6 Å². The van der Waals surface area contributed by atoms with Crippen LogP contribution in [-0.4, -0.2) is 30.6 Å². The number of carbonyl (C=O) groups is 1. The van der Waals surface area contributed by atoms with Gasteiger partial charge in [0, 0.05) is 19.3 Å². The fraction of sp³-hybridized carbons (Fsp3) is 0.583. The molecule has 1 rings (SSSR count). The van der Waals surface area contributed by atoms with Gasteiger partial charge in [-0.2, -0.15) is 0 Å². The van der Waals surface area contributed by atoms with Crippen LogP contribution in [0, 0.1) is 5.92 Å². The number of hydrogen-bond acceptors (Lipinski definition) is 2. The number of nitrogens with one attached hydrogen (secondary N) is 2. The van der Waals surface area contributed by atoms with Gasteiger partial charge in [-0.1, -0.05) is 6.92 Å². The Balaban J connectivity index is 2.46. The summed E-state index contributed by atoms with van der Waals surface area (Å²) in [7, 11) is 1.92. The summed E-state index contributed by atoms with van der Waals surface area (Å²) < 4.78 is 1.94. The maximum Gasteiger partial charge on any atom is 0.267 e. The van der Waals surface area contributed by atoms with Gasteiger partial charge in [-0.05, 0) is 38.6 Å². The van der Waals surface area contributed by atoms with E-state index in [9.17, 15) is 4.79 Å². The number of carbonyl (C=O) groups excluding carboxylic acids is 1. The van der Waals surface area contributed by atoms with Gasteiger partial charge in [0.05, 0.1) is 0 Å². The molecule has 1 amide bonds. The van der Waals surface area contributed by atoms with Gasteiger partial charge in [0.1, 0.15) is 5.69 Å². The van der Waals surface area contributed by atoms with E-state index in [0.29, 0.717) is 12.5 Å². The van der Waals surface area contributed by atoms with Gasteiger partial charge in [0.15, 0.2) is 0 Å². The molecule has 16 heavy (non-hydrogen) atoms. The van der Waals surface area contributed by atoms with Crippen LogP contribution in [0.5, 0.6) is 0 Å². The van der Waals surface area contributed by atoms with Crippen molar-refractivity contribution in [2.45, 2.75) is 20.4 Å². The molecule has 4 nitrogen and oxygen atoms in total. The number of nitrogens with zero attached hydrogens (tertiary/aromatic N) is 1. The molecule has 0 aliphatic rings. The molecule has 90 valence electrons. The molecule has 1 aromatic rings. The van der Waals surface area contributed by atoms with Crippen molar-refractivity contribution < 1.29 is 4.79 Å². The first-order valence-electron chi connectivity index (χ1n) is 5.77. The minimum atomic E-state index is 0.00908. The Morgan fingerprint density at radius 2 is 2.25 bits per heavy atom. The largest absolute Gasteiger partial charge is 0.350 e. The van der Waals surface area contributed by atoms with Crippen molar-refractivity contribution in [1.29, 1.82) is 0 Å². The number of rotatable bonds is 6. The average Bonchev–Trinajstić information content (AvgIpc) is 2.74. The fourth-order valence-corrected chi connectivity index (χ4v) is 1.67. The molecule has 4 heteroatoms. The molecule has 0 aliphatic carbocycles. The standard InChI is InChI=1S/C12H21N3O/c1-4-15-7-5-6-11(15)12(16)14-9-10(2)8-13-3/h5-7,10,13H,4,8-9H2,1-3H3,(H,14,16). The third kappa shape index (κ3) is 3.38. The van der Waals surface area contributed by atoms with E-state index in [1.165, 1.54) is 0 Å². The molecule has 1 aromatic heterocycles. The zero-order chi connectivity index (χ0) is 12.0. The van der Waals surface area contributed by atoms with Crippen molar-refractivity contribution in [3.05, 3.63) is 24.0 Å². The van der Waals surface area contributed by atoms with E-state index < -0.39 is 0 Å². The maximum atomic E-state index is 11.8. The van der Waals surface area contributed by atoms with Crippen LogP contribution >= 0.6 is 0 Å². The SMILES string of the molecule is CCn1cccc1C(=O)NCC(C)CNC. The van der Waals surface area contributed by atoms with Crippen molar-refractivity contribution in [2.24, 2.45) is 5.92 Å². The van der Waals surface area contributed by atoms with Gasteiger partial charge in [0.25, 0.3) is 5.91 Å². The molecule has 0 saturated heterocycles. The first-order chi connectivity index (χ1) is 7.69. The lowest BCUT2D eigenvalue weighted by Gasteiger charge is -2.12. The van der Waals surface area contributed by atoms with Crippen LogP contribution in [0.1, 0.15) is 24.3 Å². The second kappa shape index (κ2) is 6.33. The molecule has 1 heterocycles. The lowest BCUT2D eigenvalue weighted by Crippen LogP contribution is -2.33. The summed E-state index contributed by atoms with van der Waals surface area (Å²) in [5.41, 5.74) is 0.735. The van der Waals surface area contributed by atoms with E-state index >= 15 is 0 Å². The quantitative estimate of drug-likeness (QED) is 0.758. The third-order valence-electron chi connectivity index (χ3n) is 2.57.